The van der Waals surface area contributed by atoms with E-state index in [-0.39, 0.29) is 0 Å². The van der Waals surface area contributed by atoms with Crippen molar-refractivity contribution in [3.05, 3.63) is 35.4 Å². The fourth-order valence-electron chi connectivity index (χ4n) is 2.85. The molecule has 0 radical (unpaired) electrons. The van der Waals surface area contributed by atoms with Crippen molar-refractivity contribution >= 4 is 11.6 Å². The molecule has 1 saturated carbocycles. The average molecular weight is 306 g/mol. The Morgan fingerprint density at radius 3 is 2.65 bits per heavy atom. The smallest absolute Gasteiger partial charge is 0.312 e. The zero-order chi connectivity index (χ0) is 14.6. The first-order valence-electron chi connectivity index (χ1n) is 6.93. The van der Waals surface area contributed by atoms with Gasteiger partial charge in [0.1, 0.15) is 0 Å². The maximum Gasteiger partial charge on any atom is 0.416 e. The van der Waals surface area contributed by atoms with Gasteiger partial charge in [-0.1, -0.05) is 24.6 Å². The van der Waals surface area contributed by atoms with Gasteiger partial charge >= 0.3 is 6.18 Å². The molecule has 0 aromatic heterocycles. The largest absolute Gasteiger partial charge is 0.416 e. The standard InChI is InChI=1S/C15H19ClF3N/c16-8-12-4-2-5-13(12)10-20-9-11-3-1-6-14(7-11)15(17,18)19/h1,3,6-7,12-13,20H,2,4-5,8-10H2. The zero-order valence-electron chi connectivity index (χ0n) is 11.2. The van der Waals surface area contributed by atoms with E-state index in [4.69, 9.17) is 11.6 Å². The van der Waals surface area contributed by atoms with Crippen LogP contribution in [-0.2, 0) is 12.7 Å². The molecule has 1 nitrogen and oxygen atoms in total. The first-order valence-corrected chi connectivity index (χ1v) is 7.47. The van der Waals surface area contributed by atoms with Gasteiger partial charge in [-0.15, -0.1) is 11.6 Å². The molecule has 1 aromatic carbocycles. The lowest BCUT2D eigenvalue weighted by molar-refractivity contribution is -0.137. The number of rotatable bonds is 5. The van der Waals surface area contributed by atoms with E-state index in [2.05, 4.69) is 5.32 Å². The normalized spacial score (nSPS) is 23.2. The minimum atomic E-state index is -4.27. The van der Waals surface area contributed by atoms with E-state index in [1.54, 1.807) is 6.07 Å². The summed E-state index contributed by atoms with van der Waals surface area (Å²) in [6, 6.07) is 5.48. The Hall–Kier alpha value is -0.740. The van der Waals surface area contributed by atoms with Crippen LogP contribution >= 0.6 is 11.6 Å². The van der Waals surface area contributed by atoms with Gasteiger partial charge in [0, 0.05) is 12.4 Å². The molecule has 0 bridgehead atoms. The summed E-state index contributed by atoms with van der Waals surface area (Å²) in [6.45, 7) is 1.29. The molecule has 5 heteroatoms. The van der Waals surface area contributed by atoms with Crippen LogP contribution < -0.4 is 5.32 Å². The van der Waals surface area contributed by atoms with Crippen LogP contribution in [-0.4, -0.2) is 12.4 Å². The van der Waals surface area contributed by atoms with Gasteiger partial charge in [-0.2, -0.15) is 13.2 Å². The molecule has 0 spiro atoms. The third-order valence-electron chi connectivity index (χ3n) is 4.00. The van der Waals surface area contributed by atoms with Gasteiger partial charge in [0.25, 0.3) is 0 Å². The van der Waals surface area contributed by atoms with Gasteiger partial charge in [-0.25, -0.2) is 0 Å². The van der Waals surface area contributed by atoms with Crippen molar-refractivity contribution in [1.82, 2.24) is 5.32 Å². The number of hydrogen-bond donors (Lipinski definition) is 1. The number of nitrogens with one attached hydrogen (secondary N) is 1. The molecule has 0 saturated heterocycles. The molecule has 2 atom stereocenters. The SMILES string of the molecule is FC(F)(F)c1cccc(CNCC2CCCC2CCl)c1. The van der Waals surface area contributed by atoms with Crippen molar-refractivity contribution in [2.45, 2.75) is 32.0 Å². The molecule has 1 aromatic rings. The second-order valence-corrected chi connectivity index (χ2v) is 5.74. The van der Waals surface area contributed by atoms with E-state index < -0.39 is 11.7 Å². The Morgan fingerprint density at radius 1 is 1.20 bits per heavy atom. The third kappa shape index (κ3) is 4.13. The molecule has 0 amide bonds. The molecule has 1 N–H and O–H groups in total. The van der Waals surface area contributed by atoms with E-state index in [0.29, 0.717) is 29.8 Å². The minimum absolute atomic E-state index is 0.468. The minimum Gasteiger partial charge on any atom is -0.312 e. The fraction of sp³-hybridized carbons (Fsp3) is 0.600. The Kier molecular flexibility index (Phi) is 5.33. The number of hydrogen-bond acceptors (Lipinski definition) is 1. The number of alkyl halides is 4. The van der Waals surface area contributed by atoms with Crippen molar-refractivity contribution in [2.24, 2.45) is 11.8 Å². The van der Waals surface area contributed by atoms with Crippen LogP contribution in [0, 0.1) is 11.8 Å². The Labute approximate surface area is 122 Å². The maximum absolute atomic E-state index is 12.6. The van der Waals surface area contributed by atoms with Crippen LogP contribution in [0.2, 0.25) is 0 Å². The fourth-order valence-corrected chi connectivity index (χ4v) is 3.25. The van der Waals surface area contributed by atoms with Crippen molar-refractivity contribution < 1.29 is 13.2 Å². The van der Waals surface area contributed by atoms with Gasteiger partial charge in [-0.05, 0) is 42.9 Å². The van der Waals surface area contributed by atoms with Gasteiger partial charge in [0.05, 0.1) is 5.56 Å². The van der Waals surface area contributed by atoms with Crippen LogP contribution in [0.15, 0.2) is 24.3 Å². The van der Waals surface area contributed by atoms with Crippen LogP contribution in [0.5, 0.6) is 0 Å². The maximum atomic E-state index is 12.6. The second-order valence-electron chi connectivity index (χ2n) is 5.43. The summed E-state index contributed by atoms with van der Waals surface area (Å²) in [5.74, 6) is 1.78. The lowest BCUT2D eigenvalue weighted by atomic mass is 9.98. The van der Waals surface area contributed by atoms with Gasteiger partial charge in [-0.3, -0.25) is 0 Å². The summed E-state index contributed by atoms with van der Waals surface area (Å²) in [7, 11) is 0. The average Bonchev–Trinajstić information content (AvgIpc) is 2.86. The summed E-state index contributed by atoms with van der Waals surface area (Å²) >= 11 is 5.92. The molecular formula is C15H19ClF3N. The van der Waals surface area contributed by atoms with E-state index >= 15 is 0 Å². The lowest BCUT2D eigenvalue weighted by Gasteiger charge is -2.18. The Morgan fingerprint density at radius 2 is 1.95 bits per heavy atom. The van der Waals surface area contributed by atoms with Gasteiger partial charge in [0.2, 0.25) is 0 Å². The van der Waals surface area contributed by atoms with E-state index in [0.717, 1.165) is 19.0 Å². The first kappa shape index (κ1) is 15.6. The van der Waals surface area contributed by atoms with Crippen molar-refractivity contribution in [1.29, 1.82) is 0 Å². The quantitative estimate of drug-likeness (QED) is 0.793. The van der Waals surface area contributed by atoms with E-state index in [1.165, 1.54) is 25.0 Å². The highest BCUT2D eigenvalue weighted by Crippen LogP contribution is 2.32. The Bertz CT molecular complexity index is 433. The van der Waals surface area contributed by atoms with E-state index in [9.17, 15) is 13.2 Å². The topological polar surface area (TPSA) is 12.0 Å². The highest BCUT2D eigenvalue weighted by molar-refractivity contribution is 6.18. The van der Waals surface area contributed by atoms with Crippen molar-refractivity contribution in [3.63, 3.8) is 0 Å². The van der Waals surface area contributed by atoms with Crippen LogP contribution in [0.25, 0.3) is 0 Å². The van der Waals surface area contributed by atoms with Gasteiger partial charge in [0.15, 0.2) is 0 Å². The molecule has 2 unspecified atom stereocenters. The molecule has 0 aliphatic heterocycles. The summed E-state index contributed by atoms with van der Waals surface area (Å²) in [4.78, 5) is 0. The Balaban J connectivity index is 1.85. The summed E-state index contributed by atoms with van der Waals surface area (Å²) in [6.07, 6.45) is -0.745. The third-order valence-corrected chi connectivity index (χ3v) is 4.40. The number of halogens is 4. The molecule has 0 heterocycles. The predicted molar refractivity (Wildman–Crippen MR) is 74.7 cm³/mol. The first-order chi connectivity index (χ1) is 9.50. The monoisotopic (exact) mass is 305 g/mol. The summed E-state index contributed by atoms with van der Waals surface area (Å²) in [5, 5.41) is 3.26. The second kappa shape index (κ2) is 6.81. The zero-order valence-corrected chi connectivity index (χ0v) is 12.0. The molecule has 20 heavy (non-hydrogen) atoms. The van der Waals surface area contributed by atoms with Gasteiger partial charge < -0.3 is 5.32 Å². The van der Waals surface area contributed by atoms with Crippen LogP contribution in [0.4, 0.5) is 13.2 Å². The molecule has 112 valence electrons. The predicted octanol–water partition coefficient (Wildman–Crippen LogP) is 4.45. The van der Waals surface area contributed by atoms with Crippen molar-refractivity contribution in [3.8, 4) is 0 Å². The molecule has 2 rings (SSSR count). The number of benzene rings is 1. The van der Waals surface area contributed by atoms with E-state index in [1.807, 2.05) is 0 Å². The molecule has 1 fully saturated rings. The molecule has 1 aliphatic carbocycles. The van der Waals surface area contributed by atoms with Crippen LogP contribution in [0.1, 0.15) is 30.4 Å². The highest BCUT2D eigenvalue weighted by atomic mass is 35.5. The van der Waals surface area contributed by atoms with Crippen molar-refractivity contribution in [2.75, 3.05) is 12.4 Å². The van der Waals surface area contributed by atoms with Crippen LogP contribution in [0.3, 0.4) is 0 Å². The molecular weight excluding hydrogens is 287 g/mol. The highest BCUT2D eigenvalue weighted by Gasteiger charge is 2.30. The summed E-state index contributed by atoms with van der Waals surface area (Å²) < 4.78 is 37.8. The molecule has 1 aliphatic rings. The lowest BCUT2D eigenvalue weighted by Crippen LogP contribution is -2.25. The summed E-state index contributed by atoms with van der Waals surface area (Å²) in [5.41, 5.74) is 0.0801.